The molecular formula is C13H14S. The van der Waals surface area contributed by atoms with Gasteiger partial charge < -0.3 is 0 Å². The summed E-state index contributed by atoms with van der Waals surface area (Å²) in [6.07, 6.45) is 9.70. The molecule has 0 aromatic carbocycles. The fourth-order valence-electron chi connectivity index (χ4n) is 1.34. The zero-order valence-corrected chi connectivity index (χ0v) is 9.23. The molecule has 0 saturated heterocycles. The Balaban J connectivity index is 3.45. The van der Waals surface area contributed by atoms with Crippen molar-refractivity contribution in [3.63, 3.8) is 0 Å². The van der Waals surface area contributed by atoms with Crippen molar-refractivity contribution < 1.29 is 0 Å². The van der Waals surface area contributed by atoms with Gasteiger partial charge in [0.05, 0.1) is 0 Å². The molecule has 1 aromatic heterocycles. The minimum atomic E-state index is 1.13. The third kappa shape index (κ3) is 1.78. The lowest BCUT2D eigenvalue weighted by Crippen LogP contribution is -1.76. The zero-order valence-electron chi connectivity index (χ0n) is 8.42. The summed E-state index contributed by atoms with van der Waals surface area (Å²) in [6, 6.07) is 0. The molecule has 0 N–H and O–H groups in total. The van der Waals surface area contributed by atoms with Crippen LogP contribution in [0.25, 0.3) is 24.3 Å². The Morgan fingerprint density at radius 1 is 0.929 bits per heavy atom. The van der Waals surface area contributed by atoms with Crippen LogP contribution in [0.1, 0.15) is 27.8 Å². The monoisotopic (exact) mass is 202 g/mol. The van der Waals surface area contributed by atoms with Crippen molar-refractivity contribution in [1.82, 2.24) is 0 Å². The van der Waals surface area contributed by atoms with Crippen LogP contribution in [-0.2, 0) is 0 Å². The van der Waals surface area contributed by atoms with Crippen molar-refractivity contribution in [3.8, 4) is 0 Å². The molecule has 0 atom stereocenters. The summed E-state index contributed by atoms with van der Waals surface area (Å²) >= 11 is 1.71. The summed E-state index contributed by atoms with van der Waals surface area (Å²) in [5, 5.41) is 0. The summed E-state index contributed by atoms with van der Waals surface area (Å²) < 4.78 is 0. The average molecular weight is 202 g/mol. The molecule has 14 heavy (non-hydrogen) atoms. The van der Waals surface area contributed by atoms with Gasteiger partial charge in [-0.3, -0.25) is 0 Å². The van der Waals surface area contributed by atoms with Crippen LogP contribution in [0.4, 0.5) is 0 Å². The molecule has 0 unspecified atom stereocenters. The Morgan fingerprint density at radius 3 is 1.93 bits per heavy atom. The second-order valence-electron chi connectivity index (χ2n) is 2.77. The normalized spacial score (nSPS) is 10.4. The van der Waals surface area contributed by atoms with E-state index in [1.807, 2.05) is 31.2 Å². The fraction of sp³-hybridized carbons (Fsp3) is 0.0769. The van der Waals surface area contributed by atoms with Gasteiger partial charge in [-0.2, -0.15) is 0 Å². The van der Waals surface area contributed by atoms with E-state index in [0.29, 0.717) is 0 Å². The molecule has 0 spiro atoms. The van der Waals surface area contributed by atoms with Crippen molar-refractivity contribution in [3.05, 3.63) is 46.7 Å². The Hall–Kier alpha value is -1.34. The fourth-order valence-corrected chi connectivity index (χ4v) is 2.47. The molecule has 0 bridgehead atoms. The lowest BCUT2D eigenvalue weighted by atomic mass is 10.1. The SMILES string of the molecule is C=Cc1sc(/C=C\C)c(C=C)c1C=C. The maximum absolute atomic E-state index is 3.82. The van der Waals surface area contributed by atoms with Gasteiger partial charge in [0.1, 0.15) is 0 Å². The predicted octanol–water partition coefficient (Wildman–Crippen LogP) is 4.71. The van der Waals surface area contributed by atoms with Crippen LogP contribution in [0, 0.1) is 0 Å². The molecule has 0 amide bonds. The van der Waals surface area contributed by atoms with E-state index in [1.165, 1.54) is 4.88 Å². The Morgan fingerprint density at radius 2 is 1.50 bits per heavy atom. The molecule has 0 aliphatic rings. The molecule has 0 aliphatic carbocycles. The third-order valence-electron chi connectivity index (χ3n) is 1.95. The topological polar surface area (TPSA) is 0 Å². The summed E-state index contributed by atoms with van der Waals surface area (Å²) in [4.78, 5) is 2.37. The molecule has 0 aliphatic heterocycles. The maximum atomic E-state index is 3.82. The molecule has 1 heteroatoms. The van der Waals surface area contributed by atoms with Gasteiger partial charge in [0.25, 0.3) is 0 Å². The molecule has 0 radical (unpaired) electrons. The van der Waals surface area contributed by atoms with Crippen LogP contribution in [0.3, 0.4) is 0 Å². The molecule has 1 aromatic rings. The van der Waals surface area contributed by atoms with Crippen molar-refractivity contribution in [2.24, 2.45) is 0 Å². The smallest absolute Gasteiger partial charge is 0.0351 e. The first-order chi connectivity index (χ1) is 6.78. The van der Waals surface area contributed by atoms with Crippen LogP contribution >= 0.6 is 11.3 Å². The number of hydrogen-bond donors (Lipinski definition) is 0. The van der Waals surface area contributed by atoms with Gasteiger partial charge in [0.15, 0.2) is 0 Å². The van der Waals surface area contributed by atoms with Crippen LogP contribution in [0.5, 0.6) is 0 Å². The first-order valence-corrected chi connectivity index (χ1v) is 5.26. The Bertz CT molecular complexity index is 392. The molecule has 0 saturated carbocycles. The van der Waals surface area contributed by atoms with Gasteiger partial charge in [-0.25, -0.2) is 0 Å². The molecular weight excluding hydrogens is 188 g/mol. The van der Waals surface area contributed by atoms with Crippen LogP contribution in [-0.4, -0.2) is 0 Å². The second kappa shape index (κ2) is 4.77. The molecule has 1 heterocycles. The zero-order chi connectivity index (χ0) is 10.6. The van der Waals surface area contributed by atoms with Crippen molar-refractivity contribution in [2.45, 2.75) is 6.92 Å². The third-order valence-corrected chi connectivity index (χ3v) is 3.14. The summed E-state index contributed by atoms with van der Waals surface area (Å²) in [6.45, 7) is 13.4. The highest BCUT2D eigenvalue weighted by Crippen LogP contribution is 2.32. The Kier molecular flexibility index (Phi) is 3.66. The highest BCUT2D eigenvalue weighted by molar-refractivity contribution is 7.14. The van der Waals surface area contributed by atoms with Gasteiger partial charge in [-0.05, 0) is 24.1 Å². The van der Waals surface area contributed by atoms with Gasteiger partial charge in [0.2, 0.25) is 0 Å². The minimum Gasteiger partial charge on any atom is -0.135 e. The number of thiophene rings is 1. The standard InChI is InChI=1S/C13H14S/c1-5-9-13-11(7-3)10(6-2)12(8-4)14-13/h5-9H,2-4H2,1H3/b9-5-. The number of rotatable bonds is 4. The van der Waals surface area contributed by atoms with Crippen molar-refractivity contribution >= 4 is 35.6 Å². The lowest BCUT2D eigenvalue weighted by molar-refractivity contribution is 1.72. The summed E-state index contributed by atoms with van der Waals surface area (Å²) in [7, 11) is 0. The molecule has 0 nitrogen and oxygen atoms in total. The van der Waals surface area contributed by atoms with Gasteiger partial charge in [0, 0.05) is 9.75 Å². The van der Waals surface area contributed by atoms with E-state index in [1.54, 1.807) is 11.3 Å². The average Bonchev–Trinajstić information content (AvgIpc) is 2.55. The highest BCUT2D eigenvalue weighted by atomic mass is 32.1. The lowest BCUT2D eigenvalue weighted by Gasteiger charge is -1.94. The van der Waals surface area contributed by atoms with Crippen LogP contribution in [0.15, 0.2) is 25.8 Å². The Labute approximate surface area is 89.6 Å². The van der Waals surface area contributed by atoms with E-state index in [-0.39, 0.29) is 0 Å². The van der Waals surface area contributed by atoms with E-state index >= 15 is 0 Å². The van der Waals surface area contributed by atoms with Crippen LogP contribution < -0.4 is 0 Å². The first-order valence-electron chi connectivity index (χ1n) is 4.45. The second-order valence-corrected chi connectivity index (χ2v) is 3.85. The van der Waals surface area contributed by atoms with E-state index < -0.39 is 0 Å². The van der Waals surface area contributed by atoms with E-state index in [9.17, 15) is 0 Å². The minimum absolute atomic E-state index is 1.13. The number of allylic oxidation sites excluding steroid dienone is 1. The van der Waals surface area contributed by atoms with Crippen LogP contribution in [0.2, 0.25) is 0 Å². The summed E-state index contributed by atoms with van der Waals surface area (Å²) in [5.41, 5.74) is 2.28. The molecule has 1 rings (SSSR count). The van der Waals surface area contributed by atoms with Gasteiger partial charge >= 0.3 is 0 Å². The van der Waals surface area contributed by atoms with Gasteiger partial charge in [-0.15, -0.1) is 11.3 Å². The molecule has 72 valence electrons. The van der Waals surface area contributed by atoms with E-state index in [2.05, 4.69) is 25.8 Å². The quantitative estimate of drug-likeness (QED) is 0.663. The molecule has 0 fully saturated rings. The first kappa shape index (κ1) is 10.7. The number of hydrogen-bond acceptors (Lipinski definition) is 1. The summed E-state index contributed by atoms with van der Waals surface area (Å²) in [5.74, 6) is 0. The van der Waals surface area contributed by atoms with E-state index in [0.717, 1.165) is 16.0 Å². The van der Waals surface area contributed by atoms with Gasteiger partial charge in [-0.1, -0.05) is 44.0 Å². The maximum Gasteiger partial charge on any atom is 0.0351 e. The predicted molar refractivity (Wildman–Crippen MR) is 69.3 cm³/mol. The largest absolute Gasteiger partial charge is 0.135 e. The highest BCUT2D eigenvalue weighted by Gasteiger charge is 2.08. The van der Waals surface area contributed by atoms with E-state index in [4.69, 9.17) is 0 Å². The van der Waals surface area contributed by atoms with Crippen molar-refractivity contribution in [1.29, 1.82) is 0 Å². The van der Waals surface area contributed by atoms with Crippen molar-refractivity contribution in [2.75, 3.05) is 0 Å².